The zero-order chi connectivity index (χ0) is 24.4. The number of aromatic nitrogens is 2. The van der Waals surface area contributed by atoms with Gasteiger partial charge in [0.05, 0.1) is 27.1 Å². The van der Waals surface area contributed by atoms with Crippen LogP contribution in [-0.4, -0.2) is 20.8 Å². The second-order valence-electron chi connectivity index (χ2n) is 7.21. The Morgan fingerprint density at radius 3 is 2.68 bits per heavy atom. The van der Waals surface area contributed by atoms with Gasteiger partial charge in [0, 0.05) is 16.1 Å². The SMILES string of the molecule is Cc1nc2ccc(Br)cc2c(=O)n1N=Cc1cc(Cl)c(OCc2ccc(F)cc2)c([N+](=O)[O-])c1. The highest BCUT2D eigenvalue weighted by Crippen LogP contribution is 2.36. The van der Waals surface area contributed by atoms with Gasteiger partial charge in [-0.1, -0.05) is 39.7 Å². The molecule has 34 heavy (non-hydrogen) atoms. The molecule has 4 rings (SSSR count). The molecule has 0 aliphatic rings. The molecule has 0 N–H and O–H groups in total. The third-order valence-corrected chi connectivity index (χ3v) is 5.61. The number of nitrogens with zero attached hydrogens (tertiary/aromatic N) is 4. The van der Waals surface area contributed by atoms with E-state index in [1.54, 1.807) is 25.1 Å². The Balaban J connectivity index is 1.67. The average Bonchev–Trinajstić information content (AvgIpc) is 2.79. The predicted octanol–water partition coefficient (Wildman–Crippen LogP) is 5.63. The van der Waals surface area contributed by atoms with Gasteiger partial charge in [0.15, 0.2) is 0 Å². The first-order valence-electron chi connectivity index (χ1n) is 9.81. The fraction of sp³-hybridized carbons (Fsp3) is 0.0870. The Morgan fingerprint density at radius 1 is 1.24 bits per heavy atom. The highest BCUT2D eigenvalue weighted by atomic mass is 79.9. The third-order valence-electron chi connectivity index (χ3n) is 4.83. The van der Waals surface area contributed by atoms with Gasteiger partial charge in [-0.05, 0) is 48.9 Å². The van der Waals surface area contributed by atoms with Crippen LogP contribution < -0.4 is 10.3 Å². The lowest BCUT2D eigenvalue weighted by molar-refractivity contribution is -0.385. The molecule has 0 bridgehead atoms. The van der Waals surface area contributed by atoms with Crippen LogP contribution >= 0.6 is 27.5 Å². The van der Waals surface area contributed by atoms with Crippen LogP contribution in [-0.2, 0) is 6.61 Å². The van der Waals surface area contributed by atoms with Crippen LogP contribution in [0.25, 0.3) is 10.9 Å². The molecule has 8 nitrogen and oxygen atoms in total. The van der Waals surface area contributed by atoms with E-state index in [1.807, 2.05) is 0 Å². The summed E-state index contributed by atoms with van der Waals surface area (Å²) in [6, 6.07) is 13.4. The van der Waals surface area contributed by atoms with E-state index in [0.717, 1.165) is 9.15 Å². The molecule has 0 amide bonds. The summed E-state index contributed by atoms with van der Waals surface area (Å²) in [5.74, 6) is -0.186. The number of nitro groups is 1. The fourth-order valence-electron chi connectivity index (χ4n) is 3.21. The first kappa shape index (κ1) is 23.5. The molecule has 0 spiro atoms. The van der Waals surface area contributed by atoms with Crippen molar-refractivity contribution in [2.24, 2.45) is 5.10 Å². The number of ether oxygens (including phenoxy) is 1. The molecular formula is C23H15BrClFN4O4. The third kappa shape index (κ3) is 4.97. The lowest BCUT2D eigenvalue weighted by Gasteiger charge is -2.10. The standard InChI is InChI=1S/C23H15BrClFN4O4/c1-13-28-20-7-4-16(24)10-18(20)23(31)29(13)27-11-15-8-19(25)22(21(9-15)30(32)33)34-12-14-2-5-17(26)6-3-14/h2-11H,12H2,1H3. The highest BCUT2D eigenvalue weighted by molar-refractivity contribution is 9.10. The summed E-state index contributed by atoms with van der Waals surface area (Å²) < 4.78 is 20.5. The van der Waals surface area contributed by atoms with Crippen LogP contribution in [0.5, 0.6) is 5.75 Å². The van der Waals surface area contributed by atoms with Gasteiger partial charge in [-0.2, -0.15) is 9.78 Å². The average molecular weight is 546 g/mol. The molecule has 4 aromatic rings. The number of hydrogen-bond acceptors (Lipinski definition) is 6. The van der Waals surface area contributed by atoms with E-state index in [9.17, 15) is 19.3 Å². The number of nitro benzene ring substituents is 1. The van der Waals surface area contributed by atoms with E-state index in [1.165, 1.54) is 42.6 Å². The van der Waals surface area contributed by atoms with Gasteiger partial charge in [-0.25, -0.2) is 9.37 Å². The highest BCUT2D eigenvalue weighted by Gasteiger charge is 2.21. The van der Waals surface area contributed by atoms with Crippen molar-refractivity contribution in [3.63, 3.8) is 0 Å². The van der Waals surface area contributed by atoms with Crippen molar-refractivity contribution in [2.75, 3.05) is 0 Å². The van der Waals surface area contributed by atoms with E-state index >= 15 is 0 Å². The molecule has 0 radical (unpaired) electrons. The zero-order valence-corrected chi connectivity index (χ0v) is 19.9. The second kappa shape index (κ2) is 9.70. The maximum atomic E-state index is 13.1. The van der Waals surface area contributed by atoms with Crippen molar-refractivity contribution in [2.45, 2.75) is 13.5 Å². The first-order valence-corrected chi connectivity index (χ1v) is 11.0. The van der Waals surface area contributed by atoms with Crippen molar-refractivity contribution >= 4 is 50.3 Å². The van der Waals surface area contributed by atoms with Crippen molar-refractivity contribution in [1.82, 2.24) is 9.66 Å². The molecular weight excluding hydrogens is 531 g/mol. The van der Waals surface area contributed by atoms with Crippen LogP contribution in [0.3, 0.4) is 0 Å². The van der Waals surface area contributed by atoms with Gasteiger partial charge >= 0.3 is 5.69 Å². The molecule has 0 aliphatic heterocycles. The molecule has 172 valence electrons. The minimum Gasteiger partial charge on any atom is -0.481 e. The van der Waals surface area contributed by atoms with Crippen LogP contribution in [0.4, 0.5) is 10.1 Å². The molecule has 1 aromatic heterocycles. The largest absolute Gasteiger partial charge is 0.481 e. The Labute approximate surface area is 205 Å². The van der Waals surface area contributed by atoms with Crippen LogP contribution in [0.1, 0.15) is 17.0 Å². The van der Waals surface area contributed by atoms with Crippen molar-refractivity contribution in [1.29, 1.82) is 0 Å². The minimum absolute atomic E-state index is 0.0117. The monoisotopic (exact) mass is 544 g/mol. The maximum Gasteiger partial charge on any atom is 0.313 e. The number of fused-ring (bicyclic) bond motifs is 1. The zero-order valence-electron chi connectivity index (χ0n) is 17.5. The predicted molar refractivity (Wildman–Crippen MR) is 130 cm³/mol. The smallest absolute Gasteiger partial charge is 0.313 e. The number of aryl methyl sites for hydroxylation is 1. The summed E-state index contributed by atoms with van der Waals surface area (Å²) in [5.41, 5.74) is 0.660. The van der Waals surface area contributed by atoms with Crippen LogP contribution in [0.2, 0.25) is 5.02 Å². The van der Waals surface area contributed by atoms with Crippen LogP contribution in [0.15, 0.2) is 69.0 Å². The fourth-order valence-corrected chi connectivity index (χ4v) is 3.85. The quantitative estimate of drug-likeness (QED) is 0.178. The molecule has 0 saturated carbocycles. The van der Waals surface area contributed by atoms with Gasteiger partial charge in [-0.15, -0.1) is 0 Å². The molecule has 11 heteroatoms. The van der Waals surface area contributed by atoms with Crippen molar-refractivity contribution in [3.8, 4) is 5.75 Å². The topological polar surface area (TPSA) is 99.6 Å². The van der Waals surface area contributed by atoms with Gasteiger partial charge in [0.2, 0.25) is 5.75 Å². The van der Waals surface area contributed by atoms with Gasteiger partial charge in [-0.3, -0.25) is 14.9 Å². The summed E-state index contributed by atoms with van der Waals surface area (Å²) >= 11 is 9.60. The lowest BCUT2D eigenvalue weighted by Crippen LogP contribution is -2.20. The number of rotatable bonds is 6. The van der Waals surface area contributed by atoms with Crippen LogP contribution in [0, 0.1) is 22.9 Å². The number of benzene rings is 3. The summed E-state index contributed by atoms with van der Waals surface area (Å²) in [6.45, 7) is 1.59. The summed E-state index contributed by atoms with van der Waals surface area (Å²) in [5, 5.41) is 16.2. The molecule has 3 aromatic carbocycles. The molecule has 0 aliphatic carbocycles. The maximum absolute atomic E-state index is 13.1. The molecule has 1 heterocycles. The Morgan fingerprint density at radius 2 is 1.97 bits per heavy atom. The Kier molecular flexibility index (Phi) is 6.71. The normalized spacial score (nSPS) is 11.3. The molecule has 0 unspecified atom stereocenters. The van der Waals surface area contributed by atoms with Gasteiger partial charge < -0.3 is 4.74 Å². The van der Waals surface area contributed by atoms with E-state index in [4.69, 9.17) is 16.3 Å². The Hall–Kier alpha value is -3.63. The van der Waals surface area contributed by atoms with Gasteiger partial charge in [0.1, 0.15) is 18.2 Å². The van der Waals surface area contributed by atoms with E-state index < -0.39 is 10.7 Å². The Bertz CT molecular complexity index is 1510. The summed E-state index contributed by atoms with van der Waals surface area (Å²) in [6.07, 6.45) is 1.28. The van der Waals surface area contributed by atoms with Gasteiger partial charge in [0.25, 0.3) is 5.56 Å². The van der Waals surface area contributed by atoms with E-state index in [0.29, 0.717) is 22.3 Å². The van der Waals surface area contributed by atoms with E-state index in [2.05, 4.69) is 26.0 Å². The van der Waals surface area contributed by atoms with Crippen molar-refractivity contribution in [3.05, 3.63) is 107 Å². The summed E-state index contributed by atoms with van der Waals surface area (Å²) in [4.78, 5) is 28.3. The molecule has 0 atom stereocenters. The molecule has 0 saturated heterocycles. The van der Waals surface area contributed by atoms with E-state index in [-0.39, 0.29) is 34.2 Å². The first-order chi connectivity index (χ1) is 16.2. The molecule has 0 fully saturated rings. The number of halogens is 3. The minimum atomic E-state index is -0.629. The second-order valence-corrected chi connectivity index (χ2v) is 8.53. The summed E-state index contributed by atoms with van der Waals surface area (Å²) in [7, 11) is 0. The number of hydrogen-bond donors (Lipinski definition) is 0. The van der Waals surface area contributed by atoms with Crippen molar-refractivity contribution < 1.29 is 14.1 Å². The lowest BCUT2D eigenvalue weighted by atomic mass is 10.2.